The van der Waals surface area contributed by atoms with Crippen molar-refractivity contribution < 1.29 is 19.2 Å². The molecule has 11 N–H and O–H groups in total. The summed E-state index contributed by atoms with van der Waals surface area (Å²) in [5.41, 5.74) is 21.7. The van der Waals surface area contributed by atoms with Gasteiger partial charge in [0.15, 0.2) is 5.96 Å². The van der Waals surface area contributed by atoms with E-state index in [2.05, 4.69) is 20.9 Å². The van der Waals surface area contributed by atoms with Crippen molar-refractivity contribution in [1.29, 1.82) is 0 Å². The van der Waals surface area contributed by atoms with Crippen LogP contribution in [0.2, 0.25) is 0 Å². The molecule has 4 amide bonds. The van der Waals surface area contributed by atoms with Crippen LogP contribution in [0.5, 0.6) is 0 Å². The highest BCUT2D eigenvalue weighted by Gasteiger charge is 2.26. The van der Waals surface area contributed by atoms with Crippen LogP contribution in [-0.4, -0.2) is 61.3 Å². The largest absolute Gasteiger partial charge is 0.370 e. The highest BCUT2D eigenvalue weighted by Crippen LogP contribution is 2.06. The minimum absolute atomic E-state index is 0.0181. The number of rotatable bonds is 16. The first-order valence-electron chi connectivity index (χ1n) is 11.2. The number of hydrogen-bond donors (Lipinski definition) is 7. The van der Waals surface area contributed by atoms with Crippen LogP contribution >= 0.6 is 0 Å². The molecule has 12 heteroatoms. The number of aliphatic imine (C=N–C) groups is 1. The van der Waals surface area contributed by atoms with Crippen molar-refractivity contribution in [3.63, 3.8) is 0 Å². The van der Waals surface area contributed by atoms with Gasteiger partial charge in [0.2, 0.25) is 17.7 Å². The van der Waals surface area contributed by atoms with Crippen LogP contribution in [0.1, 0.15) is 48.9 Å². The number of unbranched alkanes of at least 4 members (excludes halogenated alkanes) is 1. The van der Waals surface area contributed by atoms with Crippen molar-refractivity contribution in [1.82, 2.24) is 16.0 Å². The van der Waals surface area contributed by atoms with Gasteiger partial charge in [0.1, 0.15) is 12.1 Å². The summed E-state index contributed by atoms with van der Waals surface area (Å²) in [5, 5.41) is 8.03. The Bertz CT molecular complexity index is 827. The minimum atomic E-state index is -0.919. The number of guanidine groups is 1. The Kier molecular flexibility index (Phi) is 13.4. The third kappa shape index (κ3) is 11.8. The van der Waals surface area contributed by atoms with E-state index in [1.165, 1.54) is 0 Å². The molecule has 0 saturated carbocycles. The summed E-state index contributed by atoms with van der Waals surface area (Å²) in [4.78, 5) is 53.2. The number of hydrogen-bond acceptors (Lipinski definition) is 6. The first-order valence-corrected chi connectivity index (χ1v) is 11.2. The second-order valence-corrected chi connectivity index (χ2v) is 7.69. The van der Waals surface area contributed by atoms with Crippen molar-refractivity contribution in [3.05, 3.63) is 35.9 Å². The SMILES string of the molecule is NCCCC[C@H](NC(=O)[C@H](CCCN=C(N)N)NC(=O)c1ccccc1)C(=O)NCCC(N)=O. The second kappa shape index (κ2) is 16.0. The summed E-state index contributed by atoms with van der Waals surface area (Å²) in [5.74, 6) is -2.00. The maximum Gasteiger partial charge on any atom is 0.251 e. The standard InChI is InChI=1S/C22H36N8O4/c23-12-5-4-9-16(20(33)27-14-11-18(24)31)30-21(34)17(10-6-13-28-22(25)26)29-19(32)15-7-2-1-3-8-15/h1-3,7-8,16-17H,4-6,9-14,23H2,(H2,24,31)(H,27,33)(H,29,32)(H,30,34)(H4,25,26,28)/t16-,17-/m0/s1. The molecule has 188 valence electrons. The zero-order chi connectivity index (χ0) is 25.3. The number of nitrogens with two attached hydrogens (primary N) is 4. The Morgan fingerprint density at radius 1 is 0.853 bits per heavy atom. The molecule has 1 aromatic carbocycles. The van der Waals surface area contributed by atoms with Crippen LogP contribution in [0.25, 0.3) is 0 Å². The lowest BCUT2D eigenvalue weighted by Crippen LogP contribution is -2.54. The first kappa shape index (κ1) is 28.4. The molecule has 34 heavy (non-hydrogen) atoms. The first-order chi connectivity index (χ1) is 16.2. The van der Waals surface area contributed by atoms with Crippen LogP contribution in [0.15, 0.2) is 35.3 Å². The molecule has 2 atom stereocenters. The monoisotopic (exact) mass is 476 g/mol. The molecule has 1 rings (SSSR count). The van der Waals surface area contributed by atoms with Gasteiger partial charge in [-0.2, -0.15) is 0 Å². The van der Waals surface area contributed by atoms with Gasteiger partial charge in [0, 0.05) is 25.1 Å². The molecule has 12 nitrogen and oxygen atoms in total. The number of benzene rings is 1. The summed E-state index contributed by atoms with van der Waals surface area (Å²) < 4.78 is 0. The van der Waals surface area contributed by atoms with Gasteiger partial charge in [-0.25, -0.2) is 0 Å². The number of nitrogens with zero attached hydrogens (tertiary/aromatic N) is 1. The van der Waals surface area contributed by atoms with Gasteiger partial charge in [-0.3, -0.25) is 24.2 Å². The van der Waals surface area contributed by atoms with Gasteiger partial charge in [0.05, 0.1) is 0 Å². The zero-order valence-electron chi connectivity index (χ0n) is 19.3. The number of carbonyl (C=O) groups excluding carboxylic acids is 4. The Balaban J connectivity index is 2.90. The van der Waals surface area contributed by atoms with Crippen LogP contribution in [0.4, 0.5) is 0 Å². The molecule has 1 aromatic rings. The molecule has 0 unspecified atom stereocenters. The van der Waals surface area contributed by atoms with E-state index in [-0.39, 0.29) is 31.9 Å². The molecular weight excluding hydrogens is 440 g/mol. The van der Waals surface area contributed by atoms with E-state index in [9.17, 15) is 19.2 Å². The fourth-order valence-electron chi connectivity index (χ4n) is 3.07. The van der Waals surface area contributed by atoms with Crippen molar-refractivity contribution in [2.75, 3.05) is 19.6 Å². The van der Waals surface area contributed by atoms with Crippen LogP contribution < -0.4 is 38.9 Å². The van der Waals surface area contributed by atoms with Crippen molar-refractivity contribution in [2.45, 2.75) is 50.6 Å². The number of nitrogens with one attached hydrogen (secondary N) is 3. The lowest BCUT2D eigenvalue weighted by atomic mass is 10.1. The average Bonchev–Trinajstić information content (AvgIpc) is 2.80. The Labute approximate surface area is 199 Å². The highest BCUT2D eigenvalue weighted by atomic mass is 16.2. The number of amides is 4. The van der Waals surface area contributed by atoms with E-state index in [1.54, 1.807) is 30.3 Å². The van der Waals surface area contributed by atoms with E-state index in [0.29, 0.717) is 37.8 Å². The van der Waals surface area contributed by atoms with Crippen LogP contribution in [-0.2, 0) is 14.4 Å². The molecule has 0 bridgehead atoms. The summed E-state index contributed by atoms with van der Waals surface area (Å²) in [6.07, 6.45) is 2.28. The molecule has 0 aliphatic heterocycles. The van der Waals surface area contributed by atoms with E-state index in [4.69, 9.17) is 22.9 Å². The molecule has 0 spiro atoms. The van der Waals surface area contributed by atoms with Gasteiger partial charge >= 0.3 is 0 Å². The predicted molar refractivity (Wildman–Crippen MR) is 129 cm³/mol. The summed E-state index contributed by atoms with van der Waals surface area (Å²) in [6.45, 7) is 0.787. The third-order valence-corrected chi connectivity index (χ3v) is 4.85. The van der Waals surface area contributed by atoms with Gasteiger partial charge in [-0.15, -0.1) is 0 Å². The number of primary amides is 1. The summed E-state index contributed by atoms with van der Waals surface area (Å²) in [6, 6.07) is 6.69. The lowest BCUT2D eigenvalue weighted by molar-refractivity contribution is -0.130. The average molecular weight is 477 g/mol. The normalized spacial score (nSPS) is 12.1. The maximum atomic E-state index is 13.1. The Morgan fingerprint density at radius 2 is 1.50 bits per heavy atom. The van der Waals surface area contributed by atoms with Crippen LogP contribution in [0, 0.1) is 0 Å². The van der Waals surface area contributed by atoms with Crippen molar-refractivity contribution in [2.24, 2.45) is 27.9 Å². The minimum Gasteiger partial charge on any atom is -0.370 e. The lowest BCUT2D eigenvalue weighted by Gasteiger charge is -2.23. The van der Waals surface area contributed by atoms with Gasteiger partial charge in [0.25, 0.3) is 5.91 Å². The molecule has 0 aliphatic rings. The molecule has 0 radical (unpaired) electrons. The maximum absolute atomic E-state index is 13.1. The molecule has 0 aromatic heterocycles. The predicted octanol–water partition coefficient (Wildman–Crippen LogP) is -1.56. The zero-order valence-corrected chi connectivity index (χ0v) is 19.3. The van der Waals surface area contributed by atoms with E-state index in [0.717, 1.165) is 0 Å². The summed E-state index contributed by atoms with van der Waals surface area (Å²) >= 11 is 0. The highest BCUT2D eigenvalue weighted by molar-refractivity contribution is 5.98. The van der Waals surface area contributed by atoms with Gasteiger partial charge in [-0.05, 0) is 50.8 Å². The summed E-state index contributed by atoms with van der Waals surface area (Å²) in [7, 11) is 0. The van der Waals surface area contributed by atoms with Crippen LogP contribution in [0.3, 0.4) is 0 Å². The van der Waals surface area contributed by atoms with Gasteiger partial charge in [-0.1, -0.05) is 18.2 Å². The Hall–Kier alpha value is -3.67. The quantitative estimate of drug-likeness (QED) is 0.0843. The molecule has 0 saturated heterocycles. The van der Waals surface area contributed by atoms with Gasteiger partial charge < -0.3 is 38.9 Å². The fourth-order valence-corrected chi connectivity index (χ4v) is 3.07. The molecule has 0 aliphatic carbocycles. The third-order valence-electron chi connectivity index (χ3n) is 4.85. The fraction of sp³-hybridized carbons (Fsp3) is 0.500. The van der Waals surface area contributed by atoms with Crippen molar-refractivity contribution in [3.8, 4) is 0 Å². The molecule has 0 fully saturated rings. The second-order valence-electron chi connectivity index (χ2n) is 7.69. The molecule has 0 heterocycles. The Morgan fingerprint density at radius 3 is 2.12 bits per heavy atom. The molecular formula is C22H36N8O4. The van der Waals surface area contributed by atoms with E-state index in [1.807, 2.05) is 0 Å². The topological polar surface area (TPSA) is 221 Å². The van der Waals surface area contributed by atoms with E-state index < -0.39 is 35.7 Å². The van der Waals surface area contributed by atoms with E-state index >= 15 is 0 Å². The smallest absolute Gasteiger partial charge is 0.251 e. The van der Waals surface area contributed by atoms with Crippen molar-refractivity contribution >= 4 is 29.6 Å². The number of carbonyl (C=O) groups is 4.